The van der Waals surface area contributed by atoms with Crippen LogP contribution >= 0.6 is 8.60 Å². The summed E-state index contributed by atoms with van der Waals surface area (Å²) in [6.45, 7) is 4.21. The third-order valence-corrected chi connectivity index (χ3v) is 9.78. The summed E-state index contributed by atoms with van der Waals surface area (Å²) >= 11 is 0. The molecule has 0 amide bonds. The molecule has 11 nitrogen and oxygen atoms in total. The second-order valence-corrected chi connectivity index (χ2v) is 13.4. The molecule has 12 heteroatoms. The third-order valence-electron chi connectivity index (χ3n) is 8.66. The number of ether oxygens (including phenoxy) is 5. The standard InChI is InChI=1S/C37H45O11P/c1-26-37(2,41-3)47-34-32(42-22-27-13-7-4-8-14-27)20-33(43-23-28-15-9-5-10-16-28)35(36(34)46-26)48-49(44-24-29-17-11-6-12-18-29)45-25-31(40)19-30(39)21-38/h4-18,21,26,31-36,40H,19-20,22-25H2,1-3H3/t26?,31-,32?,33+,34-,35+,36+,37-,49?/m1/s1. The van der Waals surface area contributed by atoms with Gasteiger partial charge in [0.2, 0.25) is 0 Å². The van der Waals surface area contributed by atoms with Gasteiger partial charge >= 0.3 is 8.60 Å². The van der Waals surface area contributed by atoms with Gasteiger partial charge in [-0.25, -0.2) is 0 Å². The Bertz CT molecular complexity index is 1430. The van der Waals surface area contributed by atoms with Crippen molar-refractivity contribution in [1.82, 2.24) is 0 Å². The van der Waals surface area contributed by atoms with E-state index in [0.717, 1.165) is 16.7 Å². The van der Waals surface area contributed by atoms with Crippen LogP contribution in [0.4, 0.5) is 0 Å². The highest BCUT2D eigenvalue weighted by Gasteiger charge is 2.57. The van der Waals surface area contributed by atoms with Gasteiger partial charge in [-0.3, -0.25) is 9.59 Å². The number of aldehydes is 1. The predicted molar refractivity (Wildman–Crippen MR) is 180 cm³/mol. The van der Waals surface area contributed by atoms with Crippen molar-refractivity contribution in [2.24, 2.45) is 0 Å². The van der Waals surface area contributed by atoms with E-state index in [1.54, 1.807) is 7.11 Å². The van der Waals surface area contributed by atoms with Crippen LogP contribution in [0.3, 0.4) is 0 Å². The number of aliphatic hydroxyl groups excluding tert-OH is 1. The van der Waals surface area contributed by atoms with E-state index in [1.807, 2.05) is 105 Å². The Morgan fingerprint density at radius 1 is 0.878 bits per heavy atom. The summed E-state index contributed by atoms with van der Waals surface area (Å²) in [4.78, 5) is 22.5. The summed E-state index contributed by atoms with van der Waals surface area (Å²) in [6, 6.07) is 29.2. The van der Waals surface area contributed by atoms with Crippen molar-refractivity contribution in [2.45, 2.75) is 95.0 Å². The molecular formula is C37H45O11P. The van der Waals surface area contributed by atoms with Crippen molar-refractivity contribution < 1.29 is 52.0 Å². The number of hydrogen-bond acceptors (Lipinski definition) is 11. The van der Waals surface area contributed by atoms with E-state index in [0.29, 0.717) is 19.6 Å². The minimum Gasteiger partial charge on any atom is -0.390 e. The van der Waals surface area contributed by atoms with Crippen LogP contribution < -0.4 is 0 Å². The fourth-order valence-corrected chi connectivity index (χ4v) is 6.94. The van der Waals surface area contributed by atoms with Gasteiger partial charge in [-0.05, 0) is 30.5 Å². The molecule has 3 aromatic rings. The lowest BCUT2D eigenvalue weighted by atomic mass is 9.85. The number of carbonyl (C=O) groups is 2. The molecule has 49 heavy (non-hydrogen) atoms. The summed E-state index contributed by atoms with van der Waals surface area (Å²) in [5, 5.41) is 10.4. The smallest absolute Gasteiger partial charge is 0.333 e. The topological polar surface area (TPSA) is 128 Å². The minimum atomic E-state index is -2.14. The van der Waals surface area contributed by atoms with Crippen molar-refractivity contribution in [3.05, 3.63) is 108 Å². The molecule has 3 aromatic carbocycles. The first-order valence-electron chi connectivity index (χ1n) is 16.4. The van der Waals surface area contributed by atoms with Crippen LogP contribution in [-0.2, 0) is 66.7 Å². The van der Waals surface area contributed by atoms with Crippen LogP contribution in [0.5, 0.6) is 0 Å². The maximum Gasteiger partial charge on any atom is 0.333 e. The van der Waals surface area contributed by atoms with Gasteiger partial charge < -0.3 is 42.4 Å². The molecule has 264 valence electrons. The summed E-state index contributed by atoms with van der Waals surface area (Å²) in [5.41, 5.74) is 2.87. The third kappa shape index (κ3) is 10.5. The van der Waals surface area contributed by atoms with E-state index >= 15 is 0 Å². The molecule has 0 radical (unpaired) electrons. The van der Waals surface area contributed by atoms with Gasteiger partial charge in [0.15, 0.2) is 17.9 Å². The van der Waals surface area contributed by atoms with Gasteiger partial charge in [0.05, 0.1) is 44.7 Å². The lowest BCUT2D eigenvalue weighted by molar-refractivity contribution is -0.382. The molecule has 0 aromatic heterocycles. The first-order chi connectivity index (χ1) is 23.8. The Balaban J connectivity index is 1.42. The number of aliphatic hydroxyl groups is 1. The van der Waals surface area contributed by atoms with Gasteiger partial charge in [0.1, 0.15) is 24.4 Å². The predicted octanol–water partition coefficient (Wildman–Crippen LogP) is 5.46. The monoisotopic (exact) mass is 696 g/mol. The molecule has 0 bridgehead atoms. The maximum atomic E-state index is 11.7. The number of benzene rings is 3. The molecule has 2 fully saturated rings. The van der Waals surface area contributed by atoms with E-state index in [4.69, 9.17) is 37.3 Å². The number of carbonyl (C=O) groups excluding carboxylic acids is 2. The second kappa shape index (κ2) is 18.3. The SMILES string of the molecule is CO[C@]1(C)O[C@@H]2C(OCc3ccccc3)C[C@H](OCc3ccccc3)[C@H](OP(OCc3ccccc3)OC[C@H](O)CC(=O)C=O)[C@H]2OC1C. The van der Waals surface area contributed by atoms with Crippen LogP contribution in [0.25, 0.3) is 0 Å². The number of rotatable bonds is 18. The molecule has 2 aliphatic rings. The van der Waals surface area contributed by atoms with Crippen LogP contribution in [0, 0.1) is 0 Å². The average molecular weight is 697 g/mol. The second-order valence-electron chi connectivity index (χ2n) is 12.2. The normalized spacial score (nSPS) is 27.9. The van der Waals surface area contributed by atoms with Crippen molar-refractivity contribution in [2.75, 3.05) is 13.7 Å². The number of Topliss-reactive ketones (excluding diaryl/α,β-unsaturated/α-hetero) is 1. The molecule has 1 saturated heterocycles. The fraction of sp³-hybridized carbons (Fsp3) is 0.459. The number of ketones is 1. The maximum absolute atomic E-state index is 11.7. The molecule has 1 aliphatic heterocycles. The molecule has 9 atom stereocenters. The van der Waals surface area contributed by atoms with Crippen LogP contribution in [0.15, 0.2) is 91.0 Å². The Labute approximate surface area is 288 Å². The van der Waals surface area contributed by atoms with Crippen LogP contribution in [0.2, 0.25) is 0 Å². The van der Waals surface area contributed by atoms with Crippen LogP contribution in [-0.4, -0.2) is 79.4 Å². The largest absolute Gasteiger partial charge is 0.390 e. The summed E-state index contributed by atoms with van der Waals surface area (Å²) in [6.07, 6.45) is -4.63. The van der Waals surface area contributed by atoms with E-state index in [-0.39, 0.29) is 25.9 Å². The summed E-state index contributed by atoms with van der Waals surface area (Å²) < 4.78 is 51.0. The average Bonchev–Trinajstić information content (AvgIpc) is 3.13. The van der Waals surface area contributed by atoms with E-state index < -0.39 is 62.9 Å². The molecule has 1 aliphatic carbocycles. The zero-order chi connectivity index (χ0) is 34.6. The Morgan fingerprint density at radius 3 is 1.98 bits per heavy atom. The summed E-state index contributed by atoms with van der Waals surface area (Å²) in [7, 11) is -0.563. The van der Waals surface area contributed by atoms with Crippen molar-refractivity contribution >= 4 is 20.7 Å². The van der Waals surface area contributed by atoms with Gasteiger partial charge in [-0.15, -0.1) is 0 Å². The van der Waals surface area contributed by atoms with E-state index in [9.17, 15) is 14.7 Å². The van der Waals surface area contributed by atoms with E-state index in [1.165, 1.54) is 0 Å². The fourth-order valence-electron chi connectivity index (χ4n) is 5.74. The van der Waals surface area contributed by atoms with E-state index in [2.05, 4.69) is 0 Å². The van der Waals surface area contributed by atoms with Gasteiger partial charge in [-0.2, -0.15) is 0 Å². The molecule has 5 rings (SSSR count). The van der Waals surface area contributed by atoms with Crippen molar-refractivity contribution in [3.8, 4) is 0 Å². The lowest BCUT2D eigenvalue weighted by Crippen LogP contribution is -2.67. The molecule has 3 unspecified atom stereocenters. The zero-order valence-corrected chi connectivity index (χ0v) is 28.9. The zero-order valence-electron chi connectivity index (χ0n) is 28.0. The van der Waals surface area contributed by atoms with Crippen LogP contribution in [0.1, 0.15) is 43.4 Å². The quantitative estimate of drug-likeness (QED) is 0.103. The Morgan fingerprint density at radius 2 is 1.43 bits per heavy atom. The highest BCUT2D eigenvalue weighted by molar-refractivity contribution is 7.41. The first-order valence-corrected chi connectivity index (χ1v) is 17.5. The number of methoxy groups -OCH3 is 1. The minimum absolute atomic E-state index is 0.157. The first kappa shape index (κ1) is 37.3. The van der Waals surface area contributed by atoms with Gasteiger partial charge in [-0.1, -0.05) is 91.0 Å². The Kier molecular flexibility index (Phi) is 14.0. The van der Waals surface area contributed by atoms with Gasteiger partial charge in [0, 0.05) is 20.0 Å². The molecule has 1 heterocycles. The highest BCUT2D eigenvalue weighted by Crippen LogP contribution is 2.48. The highest BCUT2D eigenvalue weighted by atomic mass is 31.2. The number of hydrogen-bond donors (Lipinski definition) is 1. The van der Waals surface area contributed by atoms with Crippen molar-refractivity contribution in [1.29, 1.82) is 0 Å². The molecule has 1 saturated carbocycles. The molecule has 1 N–H and O–H groups in total. The number of fused-ring (bicyclic) bond motifs is 1. The van der Waals surface area contributed by atoms with Crippen molar-refractivity contribution in [3.63, 3.8) is 0 Å². The lowest BCUT2D eigenvalue weighted by Gasteiger charge is -2.53. The molecular weight excluding hydrogens is 651 g/mol. The summed E-state index contributed by atoms with van der Waals surface area (Å²) in [5.74, 6) is -1.79. The van der Waals surface area contributed by atoms with Gasteiger partial charge in [0.25, 0.3) is 0 Å². The molecule has 0 spiro atoms. The Hall–Kier alpha value is -2.93.